The van der Waals surface area contributed by atoms with Gasteiger partial charge in [0.15, 0.2) is 7.28 Å². The average molecular weight is 786 g/mol. The molecule has 7 aromatic rings. The summed E-state index contributed by atoms with van der Waals surface area (Å²) in [4.78, 5) is 3.67. The molecule has 2 aliphatic carbocycles. The Balaban J connectivity index is 1.07. The molecule has 61 heavy (non-hydrogen) atoms. The summed E-state index contributed by atoms with van der Waals surface area (Å²) in [6.45, 7) is 9.22. The summed E-state index contributed by atoms with van der Waals surface area (Å²) in [6, 6.07) is 46.3. The highest BCUT2D eigenvalue weighted by molar-refractivity contribution is 6.64. The number of fused-ring (bicyclic) bond motifs is 7. The second kappa shape index (κ2) is 16.0. The monoisotopic (exact) mass is 785 g/mol. The fraction of sp³-hybridized carbons (Fsp3) is 0.138. The molecule has 2 heterocycles. The summed E-state index contributed by atoms with van der Waals surface area (Å²) in [5.74, 6) is 0.0826. The van der Waals surface area contributed by atoms with Crippen LogP contribution in [-0.4, -0.2) is 12.3 Å². The number of anilines is 1. The zero-order valence-corrected chi connectivity index (χ0v) is 35.5. The Morgan fingerprint density at radius 3 is 2.21 bits per heavy atom. The minimum Gasteiger partial charge on any atom is -0.362 e. The third kappa shape index (κ3) is 6.98. The summed E-state index contributed by atoms with van der Waals surface area (Å²) in [7, 11) is 2.39. The first-order valence-electron chi connectivity index (χ1n) is 21.7. The van der Waals surface area contributed by atoms with E-state index in [1.807, 2.05) is 0 Å². The lowest BCUT2D eigenvalue weighted by Crippen LogP contribution is -2.29. The second-order valence-corrected chi connectivity index (χ2v) is 17.2. The predicted molar refractivity (Wildman–Crippen MR) is 263 cm³/mol. The molecule has 0 saturated carbocycles. The van der Waals surface area contributed by atoms with Gasteiger partial charge >= 0.3 is 0 Å². The van der Waals surface area contributed by atoms with Crippen molar-refractivity contribution in [3.05, 3.63) is 237 Å². The van der Waals surface area contributed by atoms with Gasteiger partial charge in [0, 0.05) is 39.2 Å². The van der Waals surface area contributed by atoms with Crippen LogP contribution in [0.25, 0.3) is 45.8 Å². The molecule has 0 unspecified atom stereocenters. The molecule has 0 bridgehead atoms. The first kappa shape index (κ1) is 38.4. The lowest BCUT2D eigenvalue weighted by atomic mass is 9.57. The number of hydrogen-bond acceptors (Lipinski definition) is 1. The molecule has 0 saturated heterocycles. The number of aromatic amines is 1. The highest BCUT2D eigenvalue weighted by Crippen LogP contribution is 2.51. The van der Waals surface area contributed by atoms with Gasteiger partial charge in [-0.1, -0.05) is 189 Å². The lowest BCUT2D eigenvalue weighted by Gasteiger charge is -2.27. The molecule has 295 valence electrons. The third-order valence-electron chi connectivity index (χ3n) is 13.1. The molecular formula is C58H50BN2. The summed E-state index contributed by atoms with van der Waals surface area (Å²) in [5.41, 5.74) is 22.7. The Morgan fingerprint density at radius 1 is 0.721 bits per heavy atom. The molecule has 0 atom stereocenters. The number of nitrogens with one attached hydrogen (secondary N) is 2. The van der Waals surface area contributed by atoms with Crippen molar-refractivity contribution in [2.45, 2.75) is 51.9 Å². The van der Waals surface area contributed by atoms with Gasteiger partial charge < -0.3 is 10.3 Å². The highest BCUT2D eigenvalue weighted by Gasteiger charge is 2.38. The predicted octanol–water partition coefficient (Wildman–Crippen LogP) is 13.9. The van der Waals surface area contributed by atoms with Crippen molar-refractivity contribution in [1.82, 2.24) is 4.98 Å². The maximum atomic E-state index is 3.80. The number of benzene rings is 6. The average Bonchev–Trinajstić information content (AvgIpc) is 3.73. The van der Waals surface area contributed by atoms with Crippen LogP contribution in [0, 0.1) is 6.92 Å². The minimum absolute atomic E-state index is 0.0826. The molecule has 2 N–H and O–H groups in total. The first-order chi connectivity index (χ1) is 29.9. The smallest absolute Gasteiger partial charge is 0.194 e. The SMILES string of the molecule is C/C1=C/C=C\C(=C\Nc2ccccc2C(c2ccccc2)c2ccccc2)[B]c2c1cc1c(c2/C=C/C=C\c2c(C)[nH]c3ccc4c(c23)CCC=C4)C(C)(C)c2ccccc2-1. The topological polar surface area (TPSA) is 27.8 Å². The summed E-state index contributed by atoms with van der Waals surface area (Å²) < 4.78 is 0. The van der Waals surface area contributed by atoms with Crippen LogP contribution >= 0.6 is 0 Å². The number of allylic oxidation sites excluding steroid dienone is 8. The van der Waals surface area contributed by atoms with Crippen molar-refractivity contribution < 1.29 is 0 Å². The molecule has 1 radical (unpaired) electrons. The van der Waals surface area contributed by atoms with Crippen LogP contribution in [0.3, 0.4) is 0 Å². The number of aromatic nitrogens is 1. The van der Waals surface area contributed by atoms with E-state index in [9.17, 15) is 0 Å². The van der Waals surface area contributed by atoms with Gasteiger partial charge in [-0.2, -0.15) is 0 Å². The second-order valence-electron chi connectivity index (χ2n) is 17.2. The van der Waals surface area contributed by atoms with Crippen molar-refractivity contribution in [2.75, 3.05) is 5.32 Å². The van der Waals surface area contributed by atoms with Crippen molar-refractivity contribution in [3.8, 4) is 11.1 Å². The molecule has 0 fully saturated rings. The number of rotatable bonds is 8. The molecule has 1 aliphatic heterocycles. The number of para-hydroxylation sites is 1. The maximum Gasteiger partial charge on any atom is 0.194 e. The van der Waals surface area contributed by atoms with E-state index in [-0.39, 0.29) is 11.3 Å². The molecule has 3 heteroatoms. The number of H-pyrrole nitrogens is 1. The van der Waals surface area contributed by atoms with E-state index in [1.165, 1.54) is 94.4 Å². The largest absolute Gasteiger partial charge is 0.362 e. The highest BCUT2D eigenvalue weighted by atomic mass is 14.8. The minimum atomic E-state index is -0.182. The van der Waals surface area contributed by atoms with Crippen molar-refractivity contribution in [3.63, 3.8) is 0 Å². The molecule has 10 rings (SSSR count). The van der Waals surface area contributed by atoms with Crippen LogP contribution in [0.4, 0.5) is 5.69 Å². The molecule has 6 aromatic carbocycles. The molecule has 0 spiro atoms. The third-order valence-corrected chi connectivity index (χ3v) is 13.1. The summed E-state index contributed by atoms with van der Waals surface area (Å²) in [5, 5.41) is 5.16. The van der Waals surface area contributed by atoms with Crippen LogP contribution in [0.5, 0.6) is 0 Å². The van der Waals surface area contributed by atoms with Gasteiger partial charge in [-0.15, -0.1) is 0 Å². The van der Waals surface area contributed by atoms with Gasteiger partial charge in [-0.05, 0) is 118 Å². The standard InChI is InChI=1S/C58H50BN2/c1-38-20-19-26-43(37-60-52-33-18-16-30-47(52)54(41-22-7-5-8-23-41)42-24-9-6-10-25-42)59-57-48(56-50(36-49(38)57)46-29-15-17-32-51(46)58(56,3)4)31-14-13-27-44-39(2)61-53-35-34-40-21-11-12-28-45(40)55(44)53/h5-11,13-27,29-37,54,60-61H,12,28H2,1-4H3/b26-19-,27-13-,31-14+,38-20-,43-37-. The van der Waals surface area contributed by atoms with Gasteiger partial charge in [-0.25, -0.2) is 0 Å². The fourth-order valence-electron chi connectivity index (χ4n) is 10.1. The Kier molecular flexibility index (Phi) is 10.0. The van der Waals surface area contributed by atoms with Gasteiger partial charge in [0.25, 0.3) is 0 Å². The summed E-state index contributed by atoms with van der Waals surface area (Å²) in [6.07, 6.45) is 24.8. The zero-order valence-electron chi connectivity index (χ0n) is 35.5. The van der Waals surface area contributed by atoms with E-state index in [1.54, 1.807) is 0 Å². The van der Waals surface area contributed by atoms with Crippen LogP contribution in [0.2, 0.25) is 0 Å². The molecule has 0 amide bonds. The van der Waals surface area contributed by atoms with Gasteiger partial charge in [0.2, 0.25) is 0 Å². The Bertz CT molecular complexity index is 2960. The van der Waals surface area contributed by atoms with E-state index in [2.05, 4.69) is 234 Å². The van der Waals surface area contributed by atoms with Gasteiger partial charge in [0.05, 0.1) is 0 Å². The van der Waals surface area contributed by atoms with Crippen molar-refractivity contribution in [1.29, 1.82) is 0 Å². The van der Waals surface area contributed by atoms with Crippen molar-refractivity contribution in [2.24, 2.45) is 0 Å². The van der Waals surface area contributed by atoms with E-state index < -0.39 is 0 Å². The van der Waals surface area contributed by atoms with E-state index in [0.717, 1.165) is 24.0 Å². The van der Waals surface area contributed by atoms with Gasteiger partial charge in [-0.3, -0.25) is 0 Å². The molecule has 3 aliphatic rings. The van der Waals surface area contributed by atoms with Crippen LogP contribution in [0.15, 0.2) is 176 Å². The fourth-order valence-corrected chi connectivity index (χ4v) is 10.1. The number of aryl methyl sites for hydroxylation is 2. The summed E-state index contributed by atoms with van der Waals surface area (Å²) >= 11 is 0. The van der Waals surface area contributed by atoms with E-state index in [0.29, 0.717) is 0 Å². The molecule has 1 aromatic heterocycles. The molecule has 2 nitrogen and oxygen atoms in total. The van der Waals surface area contributed by atoms with Crippen molar-refractivity contribution >= 4 is 53.1 Å². The Morgan fingerprint density at radius 2 is 1.43 bits per heavy atom. The number of hydrogen-bond donors (Lipinski definition) is 2. The van der Waals surface area contributed by atoms with Crippen LogP contribution < -0.4 is 10.8 Å². The quantitative estimate of drug-likeness (QED) is 0.0896. The normalized spacial score (nSPS) is 17.1. The van der Waals surface area contributed by atoms with E-state index in [4.69, 9.17) is 0 Å². The first-order valence-corrected chi connectivity index (χ1v) is 21.7. The molecular weight excluding hydrogens is 735 g/mol. The van der Waals surface area contributed by atoms with Gasteiger partial charge in [0.1, 0.15) is 0 Å². The van der Waals surface area contributed by atoms with Crippen LogP contribution in [0.1, 0.15) is 94.4 Å². The lowest BCUT2D eigenvalue weighted by molar-refractivity contribution is 0.659. The zero-order chi connectivity index (χ0) is 41.5. The Labute approximate surface area is 361 Å². The van der Waals surface area contributed by atoms with E-state index >= 15 is 0 Å². The Hall–Kier alpha value is -6.84. The van der Waals surface area contributed by atoms with Crippen LogP contribution in [-0.2, 0) is 11.8 Å². The maximum absolute atomic E-state index is 3.80.